The molecule has 37 heavy (non-hydrogen) atoms. The summed E-state index contributed by atoms with van der Waals surface area (Å²) in [5.74, 6) is 6.68. The zero-order valence-electron chi connectivity index (χ0n) is 20.0. The van der Waals surface area contributed by atoms with E-state index in [9.17, 15) is 4.79 Å². The zero-order chi connectivity index (χ0) is 25.0. The molecule has 1 aliphatic carbocycles. The van der Waals surface area contributed by atoms with Gasteiger partial charge >= 0.3 is 6.03 Å². The minimum atomic E-state index is -0.310. The van der Waals surface area contributed by atoms with Crippen LogP contribution in [0.3, 0.4) is 0 Å². The predicted octanol–water partition coefficient (Wildman–Crippen LogP) is 5.06. The molecule has 0 radical (unpaired) electrons. The second kappa shape index (κ2) is 10.1. The highest BCUT2D eigenvalue weighted by atomic mass is 16.7. The van der Waals surface area contributed by atoms with Crippen molar-refractivity contribution in [3.05, 3.63) is 96.1 Å². The molecule has 9 heteroatoms. The van der Waals surface area contributed by atoms with Gasteiger partial charge in [-0.1, -0.05) is 48.2 Å². The molecule has 6 rings (SSSR count). The molecule has 2 N–H and O–H groups in total. The number of hydroxylamine groups is 2. The average molecular weight is 492 g/mol. The fourth-order valence-electron chi connectivity index (χ4n) is 4.17. The van der Waals surface area contributed by atoms with E-state index in [1.54, 1.807) is 18.6 Å². The molecule has 0 unspecified atom stereocenters. The first-order valence-corrected chi connectivity index (χ1v) is 12.2. The Hall–Kier alpha value is -4.68. The number of benzene rings is 2. The van der Waals surface area contributed by atoms with E-state index in [0.29, 0.717) is 29.8 Å². The van der Waals surface area contributed by atoms with E-state index in [1.807, 2.05) is 65.5 Å². The van der Waals surface area contributed by atoms with Crippen molar-refractivity contribution in [2.24, 2.45) is 0 Å². The van der Waals surface area contributed by atoms with Crippen LogP contribution in [0.4, 0.5) is 22.1 Å². The summed E-state index contributed by atoms with van der Waals surface area (Å²) in [5.41, 5.74) is 3.99. The lowest BCUT2D eigenvalue weighted by Gasteiger charge is -2.23. The average Bonchev–Trinajstić information content (AvgIpc) is 3.47. The van der Waals surface area contributed by atoms with Gasteiger partial charge in [-0.15, -0.1) is 0 Å². The van der Waals surface area contributed by atoms with Gasteiger partial charge in [0, 0.05) is 36.3 Å². The Morgan fingerprint density at radius 1 is 0.919 bits per heavy atom. The number of hydrogen-bond donors (Lipinski definition) is 2. The van der Waals surface area contributed by atoms with Crippen LogP contribution in [0.2, 0.25) is 0 Å². The topological polar surface area (TPSA) is 97.2 Å². The van der Waals surface area contributed by atoms with Crippen LogP contribution in [-0.4, -0.2) is 37.4 Å². The lowest BCUT2D eigenvalue weighted by molar-refractivity contribution is -0.0829. The molecular weight excluding hydrogens is 466 g/mol. The van der Waals surface area contributed by atoms with Crippen LogP contribution in [0.5, 0.6) is 0 Å². The Morgan fingerprint density at radius 3 is 2.54 bits per heavy atom. The van der Waals surface area contributed by atoms with E-state index < -0.39 is 0 Å². The molecule has 1 saturated heterocycles. The summed E-state index contributed by atoms with van der Waals surface area (Å²) in [5, 5.41) is 11.9. The van der Waals surface area contributed by atoms with Crippen molar-refractivity contribution in [3.8, 4) is 11.8 Å². The third-order valence-electron chi connectivity index (χ3n) is 6.18. The Morgan fingerprint density at radius 2 is 1.73 bits per heavy atom. The molecule has 2 aliphatic rings. The summed E-state index contributed by atoms with van der Waals surface area (Å²) in [6.07, 6.45) is 10.2. The van der Waals surface area contributed by atoms with E-state index in [0.717, 1.165) is 23.2 Å². The quantitative estimate of drug-likeness (QED) is 0.379. The minimum Gasteiger partial charge on any atom is -0.321 e. The van der Waals surface area contributed by atoms with Gasteiger partial charge in [0.25, 0.3) is 0 Å². The van der Waals surface area contributed by atoms with Crippen molar-refractivity contribution < 1.29 is 9.63 Å². The van der Waals surface area contributed by atoms with E-state index in [-0.39, 0.29) is 12.1 Å². The van der Waals surface area contributed by atoms with Crippen molar-refractivity contribution >= 4 is 23.4 Å². The molecule has 2 aromatic heterocycles. The van der Waals surface area contributed by atoms with E-state index in [2.05, 4.69) is 37.5 Å². The minimum absolute atomic E-state index is 0.115. The number of hydrogen-bond acceptors (Lipinski definition) is 6. The molecule has 0 spiro atoms. The number of aromatic nitrogens is 4. The first kappa shape index (κ1) is 22.8. The predicted molar refractivity (Wildman–Crippen MR) is 139 cm³/mol. The fraction of sp³-hybridized carbons (Fsp3) is 0.214. The molecule has 3 heterocycles. The maximum absolute atomic E-state index is 12.9. The van der Waals surface area contributed by atoms with Crippen molar-refractivity contribution in [2.75, 3.05) is 17.2 Å². The number of anilines is 3. The maximum atomic E-state index is 12.9. The summed E-state index contributed by atoms with van der Waals surface area (Å²) < 4.78 is 1.97. The second-order valence-corrected chi connectivity index (χ2v) is 9.00. The highest BCUT2D eigenvalue weighted by molar-refractivity contribution is 5.89. The highest BCUT2D eigenvalue weighted by Gasteiger charge is 2.31. The lowest BCUT2D eigenvalue weighted by Crippen LogP contribution is -2.33. The molecule has 9 nitrogen and oxygen atoms in total. The van der Waals surface area contributed by atoms with Crippen LogP contribution >= 0.6 is 0 Å². The standard InChI is InChI=1S/C28H25N7O2/c36-28(35-26(13-14-37-35)22-6-2-1-3-7-22)33-23-8-4-5-20(15-23)9-10-21-16-29-27(30-17-21)32-24-18-31-34(19-24)25-11-12-25/h1-8,15-19,25-26H,11-14H2,(H,33,36)(H,29,30,32)/t26-/m0/s1. The first-order chi connectivity index (χ1) is 18.2. The summed E-state index contributed by atoms with van der Waals surface area (Å²) >= 11 is 0. The van der Waals surface area contributed by atoms with Crippen LogP contribution in [0.1, 0.15) is 48.0 Å². The second-order valence-electron chi connectivity index (χ2n) is 9.00. The van der Waals surface area contributed by atoms with Crippen molar-refractivity contribution in [1.29, 1.82) is 0 Å². The highest BCUT2D eigenvalue weighted by Crippen LogP contribution is 2.34. The van der Waals surface area contributed by atoms with Gasteiger partial charge in [0.1, 0.15) is 0 Å². The fourth-order valence-corrected chi connectivity index (χ4v) is 4.17. The molecule has 2 amide bonds. The number of nitrogens with one attached hydrogen (secondary N) is 2. The van der Waals surface area contributed by atoms with Gasteiger partial charge in [0.2, 0.25) is 5.95 Å². The van der Waals surface area contributed by atoms with Gasteiger partial charge < -0.3 is 10.6 Å². The van der Waals surface area contributed by atoms with E-state index in [1.165, 1.54) is 17.9 Å². The van der Waals surface area contributed by atoms with Crippen molar-refractivity contribution in [1.82, 2.24) is 24.8 Å². The number of nitrogens with zero attached hydrogens (tertiary/aromatic N) is 5. The van der Waals surface area contributed by atoms with E-state index in [4.69, 9.17) is 4.84 Å². The molecule has 2 fully saturated rings. The normalized spacial score (nSPS) is 16.6. The smallest absolute Gasteiger partial charge is 0.321 e. The van der Waals surface area contributed by atoms with Crippen molar-refractivity contribution in [3.63, 3.8) is 0 Å². The number of carbonyl (C=O) groups excluding carboxylic acids is 1. The Bertz CT molecular complexity index is 1450. The Balaban J connectivity index is 1.08. The monoisotopic (exact) mass is 491 g/mol. The molecule has 0 bridgehead atoms. The summed E-state index contributed by atoms with van der Waals surface area (Å²) in [6.45, 7) is 0.499. The summed E-state index contributed by atoms with van der Waals surface area (Å²) in [7, 11) is 0. The van der Waals surface area contributed by atoms with Crippen molar-refractivity contribution in [2.45, 2.75) is 31.3 Å². The van der Waals surface area contributed by atoms with Crippen LogP contribution in [-0.2, 0) is 4.84 Å². The summed E-state index contributed by atoms with van der Waals surface area (Å²) in [6, 6.07) is 17.4. The lowest BCUT2D eigenvalue weighted by atomic mass is 10.1. The molecule has 184 valence electrons. The SMILES string of the molecule is O=C(Nc1cccc(C#Cc2cnc(Nc3cnn(C4CC4)c3)nc2)c1)N1OCC[C@H]1c1ccccc1. The Labute approximate surface area is 214 Å². The van der Waals surface area contributed by atoms with E-state index >= 15 is 0 Å². The third-order valence-corrected chi connectivity index (χ3v) is 6.18. The largest absolute Gasteiger partial charge is 0.346 e. The van der Waals surface area contributed by atoms with Crippen LogP contribution in [0.15, 0.2) is 79.4 Å². The molecule has 2 aromatic carbocycles. The van der Waals surface area contributed by atoms with Gasteiger partial charge in [-0.05, 0) is 36.6 Å². The Kier molecular flexibility index (Phi) is 6.23. The van der Waals surface area contributed by atoms with Gasteiger partial charge in [0.05, 0.1) is 36.1 Å². The number of amides is 2. The number of carbonyl (C=O) groups is 1. The van der Waals surface area contributed by atoms with Crippen LogP contribution < -0.4 is 10.6 Å². The van der Waals surface area contributed by atoms with Gasteiger partial charge in [-0.3, -0.25) is 9.52 Å². The van der Waals surface area contributed by atoms with Crippen LogP contribution in [0, 0.1) is 11.8 Å². The van der Waals surface area contributed by atoms with Gasteiger partial charge in [0.15, 0.2) is 0 Å². The molecular formula is C28H25N7O2. The number of urea groups is 1. The molecule has 1 saturated carbocycles. The number of rotatable bonds is 5. The molecule has 1 atom stereocenters. The summed E-state index contributed by atoms with van der Waals surface area (Å²) in [4.78, 5) is 27.2. The third kappa shape index (κ3) is 5.44. The van der Waals surface area contributed by atoms with Gasteiger partial charge in [-0.25, -0.2) is 14.8 Å². The zero-order valence-corrected chi connectivity index (χ0v) is 20.0. The first-order valence-electron chi connectivity index (χ1n) is 12.2. The van der Waals surface area contributed by atoms with Gasteiger partial charge in [-0.2, -0.15) is 10.2 Å². The molecule has 1 aliphatic heterocycles. The molecule has 4 aromatic rings. The van der Waals surface area contributed by atoms with Crippen LogP contribution in [0.25, 0.3) is 0 Å². The maximum Gasteiger partial charge on any atom is 0.346 e.